The second kappa shape index (κ2) is 3.02. The van der Waals surface area contributed by atoms with Crippen molar-refractivity contribution in [1.29, 1.82) is 0 Å². The van der Waals surface area contributed by atoms with Crippen LogP contribution < -0.4 is 0 Å². The van der Waals surface area contributed by atoms with Gasteiger partial charge < -0.3 is 4.74 Å². The molecule has 1 heterocycles. The molecule has 0 N–H and O–H groups in total. The lowest BCUT2D eigenvalue weighted by Gasteiger charge is -2.40. The van der Waals surface area contributed by atoms with Gasteiger partial charge in [0.2, 0.25) is 0 Å². The average molecular weight is 222 g/mol. The molecule has 2 nitrogen and oxygen atoms in total. The Morgan fingerprint density at radius 1 is 1.31 bits per heavy atom. The van der Waals surface area contributed by atoms with Gasteiger partial charge in [0.15, 0.2) is 0 Å². The fourth-order valence-corrected chi connectivity index (χ4v) is 4.61. The zero-order valence-corrected chi connectivity index (χ0v) is 10.6. The summed E-state index contributed by atoms with van der Waals surface area (Å²) in [6.45, 7) is 7.80. The van der Waals surface area contributed by atoms with Crippen LogP contribution in [0.4, 0.5) is 0 Å². The van der Waals surface area contributed by atoms with Gasteiger partial charge in [0.05, 0.1) is 13.0 Å². The van der Waals surface area contributed by atoms with E-state index in [-0.39, 0.29) is 11.4 Å². The first-order chi connectivity index (χ1) is 7.41. The molecule has 4 atom stereocenters. The van der Waals surface area contributed by atoms with Crippen LogP contribution in [-0.4, -0.2) is 12.6 Å². The zero-order chi connectivity index (χ0) is 11.6. The van der Waals surface area contributed by atoms with Crippen molar-refractivity contribution < 1.29 is 9.53 Å². The number of hydrogen-bond donors (Lipinski definition) is 0. The minimum absolute atomic E-state index is 0.0415. The van der Waals surface area contributed by atoms with Crippen molar-refractivity contribution in [3.8, 4) is 0 Å². The minimum Gasteiger partial charge on any atom is -0.465 e. The molecular formula is C14H22O2. The molecule has 1 saturated heterocycles. The van der Waals surface area contributed by atoms with Crippen LogP contribution in [0.5, 0.6) is 0 Å². The van der Waals surface area contributed by atoms with Crippen molar-refractivity contribution in [3.05, 3.63) is 0 Å². The summed E-state index contributed by atoms with van der Waals surface area (Å²) in [5.41, 5.74) is 0.688. The van der Waals surface area contributed by atoms with Crippen molar-refractivity contribution in [2.24, 2.45) is 28.6 Å². The normalized spacial score (nSPS) is 46.7. The Morgan fingerprint density at radius 2 is 2.06 bits per heavy atom. The van der Waals surface area contributed by atoms with Crippen LogP contribution in [0, 0.1) is 28.6 Å². The van der Waals surface area contributed by atoms with E-state index in [9.17, 15) is 4.79 Å². The van der Waals surface area contributed by atoms with Gasteiger partial charge in [-0.2, -0.15) is 0 Å². The van der Waals surface area contributed by atoms with Gasteiger partial charge in [-0.15, -0.1) is 0 Å². The molecule has 3 rings (SSSR count). The van der Waals surface area contributed by atoms with Gasteiger partial charge >= 0.3 is 5.97 Å². The predicted octanol–water partition coefficient (Wildman–Crippen LogP) is 3.01. The van der Waals surface area contributed by atoms with Crippen molar-refractivity contribution in [3.63, 3.8) is 0 Å². The van der Waals surface area contributed by atoms with Crippen LogP contribution in [0.1, 0.15) is 46.5 Å². The Balaban J connectivity index is 1.78. The Labute approximate surface area is 97.7 Å². The number of fused-ring (bicyclic) bond motifs is 3. The van der Waals surface area contributed by atoms with Crippen LogP contribution in [-0.2, 0) is 9.53 Å². The highest BCUT2D eigenvalue weighted by Crippen LogP contribution is 2.64. The average Bonchev–Trinajstić information content (AvgIpc) is 2.78. The molecule has 0 aromatic heterocycles. The summed E-state index contributed by atoms with van der Waals surface area (Å²) in [7, 11) is 0. The Hall–Kier alpha value is -0.530. The van der Waals surface area contributed by atoms with Gasteiger partial charge in [0.1, 0.15) is 0 Å². The van der Waals surface area contributed by atoms with Gasteiger partial charge in [0, 0.05) is 5.41 Å². The van der Waals surface area contributed by atoms with Crippen LogP contribution in [0.2, 0.25) is 0 Å². The minimum atomic E-state index is 0.0415. The number of carbonyl (C=O) groups excluding carboxylic acids is 1. The van der Waals surface area contributed by atoms with Crippen LogP contribution in [0.25, 0.3) is 0 Å². The molecule has 2 aliphatic carbocycles. The molecule has 2 bridgehead atoms. The van der Waals surface area contributed by atoms with E-state index in [0.717, 1.165) is 17.8 Å². The summed E-state index contributed by atoms with van der Waals surface area (Å²) in [5.74, 6) is 2.51. The Morgan fingerprint density at radius 3 is 2.50 bits per heavy atom. The Bertz CT molecular complexity index is 328. The predicted molar refractivity (Wildman–Crippen MR) is 61.8 cm³/mol. The number of carbonyl (C=O) groups is 1. The molecule has 90 valence electrons. The SMILES string of the molecule is CC(C)(C)C1CC2CC1CC21COC(=O)C1. The summed E-state index contributed by atoms with van der Waals surface area (Å²) in [4.78, 5) is 11.3. The molecule has 0 aromatic rings. The van der Waals surface area contributed by atoms with Crippen molar-refractivity contribution in [2.75, 3.05) is 6.61 Å². The molecule has 0 aromatic carbocycles. The highest BCUT2D eigenvalue weighted by Gasteiger charge is 2.59. The van der Waals surface area contributed by atoms with E-state index in [4.69, 9.17) is 4.74 Å². The molecular weight excluding hydrogens is 200 g/mol. The van der Waals surface area contributed by atoms with Gasteiger partial charge in [-0.05, 0) is 42.4 Å². The molecule has 3 aliphatic rings. The maximum Gasteiger partial charge on any atom is 0.306 e. The van der Waals surface area contributed by atoms with E-state index in [1.807, 2.05) is 0 Å². The standard InChI is InChI=1S/C14H22O2/c1-13(2,3)11-5-10-4-9(11)6-14(10)7-12(15)16-8-14/h9-11H,4-8H2,1-3H3. The third-order valence-electron chi connectivity index (χ3n) is 5.36. The molecule has 0 radical (unpaired) electrons. The third-order valence-corrected chi connectivity index (χ3v) is 5.36. The van der Waals surface area contributed by atoms with E-state index in [1.54, 1.807) is 0 Å². The molecule has 1 aliphatic heterocycles. The summed E-state index contributed by atoms with van der Waals surface area (Å²) in [5, 5.41) is 0. The largest absolute Gasteiger partial charge is 0.465 e. The number of esters is 1. The first kappa shape index (κ1) is 10.6. The van der Waals surface area contributed by atoms with Gasteiger partial charge in [-0.3, -0.25) is 4.79 Å². The zero-order valence-electron chi connectivity index (χ0n) is 10.6. The molecule has 1 spiro atoms. The fraction of sp³-hybridized carbons (Fsp3) is 0.929. The highest BCUT2D eigenvalue weighted by molar-refractivity contribution is 5.72. The lowest BCUT2D eigenvalue weighted by atomic mass is 9.64. The van der Waals surface area contributed by atoms with Crippen molar-refractivity contribution >= 4 is 5.97 Å². The molecule has 2 saturated carbocycles. The smallest absolute Gasteiger partial charge is 0.306 e. The maximum atomic E-state index is 11.3. The second-order valence-corrected chi connectivity index (χ2v) is 7.30. The molecule has 4 unspecified atom stereocenters. The fourth-order valence-electron chi connectivity index (χ4n) is 4.61. The van der Waals surface area contributed by atoms with E-state index < -0.39 is 0 Å². The van der Waals surface area contributed by atoms with E-state index in [2.05, 4.69) is 20.8 Å². The summed E-state index contributed by atoms with van der Waals surface area (Å²) in [6.07, 6.45) is 4.61. The monoisotopic (exact) mass is 222 g/mol. The van der Waals surface area contributed by atoms with Gasteiger partial charge in [-0.1, -0.05) is 20.8 Å². The lowest BCUT2D eigenvalue weighted by molar-refractivity contribution is -0.137. The van der Waals surface area contributed by atoms with Crippen LogP contribution >= 0.6 is 0 Å². The number of cyclic esters (lactones) is 1. The molecule has 0 amide bonds. The summed E-state index contributed by atoms with van der Waals surface area (Å²) < 4.78 is 5.23. The molecule has 16 heavy (non-hydrogen) atoms. The number of hydrogen-bond acceptors (Lipinski definition) is 2. The first-order valence-electron chi connectivity index (χ1n) is 6.56. The van der Waals surface area contributed by atoms with Crippen molar-refractivity contribution in [1.82, 2.24) is 0 Å². The highest BCUT2D eigenvalue weighted by atomic mass is 16.5. The van der Waals surface area contributed by atoms with Crippen LogP contribution in [0.3, 0.4) is 0 Å². The van der Waals surface area contributed by atoms with Gasteiger partial charge in [0.25, 0.3) is 0 Å². The summed E-state index contributed by atoms with van der Waals surface area (Å²) in [6, 6.07) is 0. The number of ether oxygens (including phenoxy) is 1. The second-order valence-electron chi connectivity index (χ2n) is 7.30. The quantitative estimate of drug-likeness (QED) is 0.589. The maximum absolute atomic E-state index is 11.3. The number of rotatable bonds is 0. The van der Waals surface area contributed by atoms with E-state index in [0.29, 0.717) is 18.4 Å². The Kier molecular flexibility index (Phi) is 2.01. The van der Waals surface area contributed by atoms with Gasteiger partial charge in [-0.25, -0.2) is 0 Å². The summed E-state index contributed by atoms with van der Waals surface area (Å²) >= 11 is 0. The molecule has 2 heteroatoms. The van der Waals surface area contributed by atoms with E-state index >= 15 is 0 Å². The van der Waals surface area contributed by atoms with E-state index in [1.165, 1.54) is 19.3 Å². The first-order valence-corrected chi connectivity index (χ1v) is 6.56. The topological polar surface area (TPSA) is 26.3 Å². The van der Waals surface area contributed by atoms with Crippen molar-refractivity contribution in [2.45, 2.75) is 46.5 Å². The third kappa shape index (κ3) is 1.34. The lowest BCUT2D eigenvalue weighted by Crippen LogP contribution is -2.35. The van der Waals surface area contributed by atoms with Crippen LogP contribution in [0.15, 0.2) is 0 Å². The molecule has 3 fully saturated rings.